The predicted molar refractivity (Wildman–Crippen MR) is 134 cm³/mol. The number of fused-ring (bicyclic) bond motifs is 1. The fraction of sp³-hybridized carbons (Fsp3) is 0.400. The molecule has 35 heavy (non-hydrogen) atoms. The van der Waals surface area contributed by atoms with Gasteiger partial charge >= 0.3 is 0 Å². The van der Waals surface area contributed by atoms with E-state index >= 15 is 0 Å². The number of aryl methyl sites for hydroxylation is 1. The van der Waals surface area contributed by atoms with Crippen LogP contribution in [0, 0.1) is 18.3 Å². The smallest absolute Gasteiger partial charge is 0.229 e. The zero-order chi connectivity index (χ0) is 24.9. The van der Waals surface area contributed by atoms with Gasteiger partial charge < -0.3 is 20.0 Å². The molecule has 1 fully saturated rings. The molecule has 3 heterocycles. The van der Waals surface area contributed by atoms with Gasteiger partial charge in [0.1, 0.15) is 17.5 Å². The molecule has 10 nitrogen and oxygen atoms in total. The molecule has 2 aliphatic heterocycles. The topological polar surface area (TPSA) is 117 Å². The average molecular weight is 475 g/mol. The zero-order valence-corrected chi connectivity index (χ0v) is 20.3. The van der Waals surface area contributed by atoms with Crippen molar-refractivity contribution in [2.24, 2.45) is 0 Å². The van der Waals surface area contributed by atoms with E-state index < -0.39 is 0 Å². The molecule has 0 spiro atoms. The second-order valence-electron chi connectivity index (χ2n) is 8.68. The van der Waals surface area contributed by atoms with Crippen LogP contribution in [0.15, 0.2) is 36.3 Å². The molecule has 0 aliphatic carbocycles. The Balaban J connectivity index is 1.48. The number of amides is 2. The summed E-state index contributed by atoms with van der Waals surface area (Å²) in [4.78, 5) is 39.7. The van der Waals surface area contributed by atoms with Crippen molar-refractivity contribution in [3.63, 3.8) is 0 Å². The SMILES string of the molecule is CCN1/C(=C(\C#N)c2nc(NC(=O)CCC(=O)N3CCN(C)CC3)ncc2C)Nc2ccccc21. The summed E-state index contributed by atoms with van der Waals surface area (Å²) in [7, 11) is 2.03. The Morgan fingerprint density at radius 1 is 1.17 bits per heavy atom. The molecule has 1 aromatic carbocycles. The number of hydrogen-bond acceptors (Lipinski definition) is 8. The standard InChI is InChI=1S/C25H30N8O2/c1-4-33-20-8-6-5-7-19(20)28-24(33)18(15-26)23-17(2)16-27-25(30-23)29-21(34)9-10-22(35)32-13-11-31(3)12-14-32/h5-8,16,28H,4,9-14H2,1-3H3,(H,27,29,30,34)/b24-18+. The molecule has 0 atom stereocenters. The van der Waals surface area contributed by atoms with Crippen LogP contribution in [0.1, 0.15) is 31.0 Å². The summed E-state index contributed by atoms with van der Waals surface area (Å²) in [5, 5.41) is 16.1. The van der Waals surface area contributed by atoms with Gasteiger partial charge in [-0.2, -0.15) is 5.26 Å². The lowest BCUT2D eigenvalue weighted by atomic mass is 10.1. The number of nitrogens with one attached hydrogen (secondary N) is 2. The van der Waals surface area contributed by atoms with Gasteiger partial charge in [-0.25, -0.2) is 9.97 Å². The van der Waals surface area contributed by atoms with Gasteiger partial charge in [0.25, 0.3) is 0 Å². The molecule has 0 saturated carbocycles. The number of allylic oxidation sites excluding steroid dienone is 1. The number of piperazine rings is 1. The Morgan fingerprint density at radius 2 is 1.91 bits per heavy atom. The summed E-state index contributed by atoms with van der Waals surface area (Å²) in [5.41, 5.74) is 3.43. The molecule has 0 unspecified atom stereocenters. The summed E-state index contributed by atoms with van der Waals surface area (Å²) in [6, 6.07) is 10.1. The van der Waals surface area contributed by atoms with Gasteiger partial charge in [0.15, 0.2) is 0 Å². The molecule has 2 amide bonds. The largest absolute Gasteiger partial charge is 0.340 e. The van der Waals surface area contributed by atoms with Crippen molar-refractivity contribution in [3.05, 3.63) is 47.5 Å². The number of benzene rings is 1. The molecule has 2 N–H and O–H groups in total. The maximum atomic E-state index is 12.5. The lowest BCUT2D eigenvalue weighted by Gasteiger charge is -2.32. The molecule has 1 saturated heterocycles. The Morgan fingerprint density at radius 3 is 2.63 bits per heavy atom. The zero-order valence-electron chi connectivity index (χ0n) is 20.3. The Kier molecular flexibility index (Phi) is 7.27. The summed E-state index contributed by atoms with van der Waals surface area (Å²) in [6.07, 6.45) is 1.77. The van der Waals surface area contributed by atoms with Crippen molar-refractivity contribution in [1.29, 1.82) is 5.26 Å². The first-order valence-corrected chi connectivity index (χ1v) is 11.8. The van der Waals surface area contributed by atoms with E-state index in [-0.39, 0.29) is 30.6 Å². The third kappa shape index (κ3) is 5.25. The highest BCUT2D eigenvalue weighted by Crippen LogP contribution is 2.38. The number of para-hydroxylation sites is 2. The van der Waals surface area contributed by atoms with E-state index in [0.717, 1.165) is 24.5 Å². The van der Waals surface area contributed by atoms with Crippen LogP contribution in [0.4, 0.5) is 17.3 Å². The van der Waals surface area contributed by atoms with Crippen molar-refractivity contribution in [1.82, 2.24) is 19.8 Å². The van der Waals surface area contributed by atoms with Crippen molar-refractivity contribution in [2.45, 2.75) is 26.7 Å². The Hall–Kier alpha value is -3.97. The molecule has 2 aliphatic rings. The first kappa shape index (κ1) is 24.2. The van der Waals surface area contributed by atoms with Crippen LogP contribution < -0.4 is 15.5 Å². The van der Waals surface area contributed by atoms with Crippen molar-refractivity contribution >= 4 is 34.7 Å². The molecule has 10 heteroatoms. The fourth-order valence-electron chi connectivity index (χ4n) is 4.25. The number of rotatable bonds is 6. The van der Waals surface area contributed by atoms with Crippen LogP contribution in [-0.2, 0) is 9.59 Å². The lowest BCUT2D eigenvalue weighted by Crippen LogP contribution is -2.47. The van der Waals surface area contributed by atoms with Gasteiger partial charge in [0.2, 0.25) is 17.8 Å². The van der Waals surface area contributed by atoms with Gasteiger partial charge in [0.05, 0.1) is 17.1 Å². The number of carbonyl (C=O) groups excluding carboxylic acids is 2. The van der Waals surface area contributed by atoms with Crippen molar-refractivity contribution < 1.29 is 9.59 Å². The Bertz CT molecular complexity index is 1190. The van der Waals surface area contributed by atoms with Crippen molar-refractivity contribution in [3.8, 4) is 6.07 Å². The van der Waals surface area contributed by atoms with E-state index in [2.05, 4.69) is 31.6 Å². The molecule has 0 bridgehead atoms. The highest BCUT2D eigenvalue weighted by Gasteiger charge is 2.27. The number of likely N-dealkylation sites (N-methyl/N-ethyl adjacent to an activating group) is 1. The van der Waals surface area contributed by atoms with E-state index in [1.807, 2.05) is 50.1 Å². The minimum absolute atomic E-state index is 0.0261. The van der Waals surface area contributed by atoms with Gasteiger partial charge in [0, 0.05) is 51.8 Å². The quantitative estimate of drug-likeness (QED) is 0.613. The number of anilines is 3. The van der Waals surface area contributed by atoms with E-state index in [1.165, 1.54) is 0 Å². The highest BCUT2D eigenvalue weighted by molar-refractivity contribution is 5.93. The number of carbonyl (C=O) groups is 2. The fourth-order valence-corrected chi connectivity index (χ4v) is 4.25. The normalized spacial score (nSPS) is 16.9. The molecule has 0 radical (unpaired) electrons. The minimum Gasteiger partial charge on any atom is -0.340 e. The Labute approximate surface area is 205 Å². The monoisotopic (exact) mass is 474 g/mol. The van der Waals surface area contributed by atoms with Crippen LogP contribution in [0.3, 0.4) is 0 Å². The van der Waals surface area contributed by atoms with E-state index in [0.29, 0.717) is 42.3 Å². The first-order chi connectivity index (χ1) is 16.9. The van der Waals surface area contributed by atoms with Crippen LogP contribution >= 0.6 is 0 Å². The first-order valence-electron chi connectivity index (χ1n) is 11.8. The van der Waals surface area contributed by atoms with Gasteiger partial charge in [-0.3, -0.25) is 14.9 Å². The van der Waals surface area contributed by atoms with E-state index in [4.69, 9.17) is 0 Å². The second kappa shape index (κ2) is 10.5. The lowest BCUT2D eigenvalue weighted by molar-refractivity contribution is -0.134. The van der Waals surface area contributed by atoms with Gasteiger partial charge in [-0.05, 0) is 38.6 Å². The maximum Gasteiger partial charge on any atom is 0.229 e. The molecule has 182 valence electrons. The highest BCUT2D eigenvalue weighted by atomic mass is 16.2. The van der Waals surface area contributed by atoms with Crippen LogP contribution in [0.25, 0.3) is 5.57 Å². The van der Waals surface area contributed by atoms with Crippen LogP contribution in [0.2, 0.25) is 0 Å². The summed E-state index contributed by atoms with van der Waals surface area (Å²) in [6.45, 7) is 7.54. The number of nitriles is 1. The molecule has 1 aromatic heterocycles. The molecular formula is C25H30N8O2. The van der Waals surface area contributed by atoms with E-state index in [1.54, 1.807) is 11.1 Å². The van der Waals surface area contributed by atoms with Crippen molar-refractivity contribution in [2.75, 3.05) is 55.3 Å². The summed E-state index contributed by atoms with van der Waals surface area (Å²) >= 11 is 0. The molecule has 2 aromatic rings. The third-order valence-corrected chi connectivity index (χ3v) is 6.26. The average Bonchev–Trinajstić information content (AvgIpc) is 3.23. The molecular weight excluding hydrogens is 444 g/mol. The van der Waals surface area contributed by atoms with E-state index in [9.17, 15) is 14.9 Å². The predicted octanol–water partition coefficient (Wildman–Crippen LogP) is 2.42. The van der Waals surface area contributed by atoms with Crippen LogP contribution in [-0.4, -0.2) is 71.4 Å². The number of aromatic nitrogens is 2. The summed E-state index contributed by atoms with van der Waals surface area (Å²) < 4.78 is 0. The molecule has 4 rings (SSSR count). The van der Waals surface area contributed by atoms with Gasteiger partial charge in [-0.1, -0.05) is 12.1 Å². The van der Waals surface area contributed by atoms with Crippen LogP contribution in [0.5, 0.6) is 0 Å². The summed E-state index contributed by atoms with van der Waals surface area (Å²) in [5.74, 6) is 0.388. The third-order valence-electron chi connectivity index (χ3n) is 6.26. The number of hydrogen-bond donors (Lipinski definition) is 2. The maximum absolute atomic E-state index is 12.5. The van der Waals surface area contributed by atoms with Gasteiger partial charge in [-0.15, -0.1) is 0 Å². The second-order valence-corrected chi connectivity index (χ2v) is 8.68. The number of nitrogens with zero attached hydrogens (tertiary/aromatic N) is 6. The minimum atomic E-state index is -0.338.